The number of aliphatic hydroxyl groups is 2. The van der Waals surface area contributed by atoms with Crippen molar-refractivity contribution in [3.63, 3.8) is 0 Å². The maximum atomic E-state index is 7.00. The minimum absolute atomic E-state index is 1.00. The Bertz CT molecular complexity index is 449. The molecule has 0 unspecified atom stereocenters. The summed E-state index contributed by atoms with van der Waals surface area (Å²) < 4.78 is 0. The minimum Gasteiger partial charge on any atom is -0.400 e. The summed E-state index contributed by atoms with van der Waals surface area (Å²) in [6.45, 7) is 10.7. The van der Waals surface area contributed by atoms with E-state index >= 15 is 0 Å². The van der Waals surface area contributed by atoms with Crippen molar-refractivity contribution in [1.82, 2.24) is 0 Å². The monoisotopic (exact) mass is 290 g/mol. The molecule has 0 fully saturated rings. The van der Waals surface area contributed by atoms with Crippen LogP contribution >= 0.6 is 0 Å². The van der Waals surface area contributed by atoms with Crippen LogP contribution in [-0.4, -0.2) is 24.4 Å². The third-order valence-electron chi connectivity index (χ3n) is 3.30. The summed E-state index contributed by atoms with van der Waals surface area (Å²) in [5.41, 5.74) is 6.92. The molecule has 2 aromatic rings. The number of benzene rings is 2. The molecule has 0 aromatic heterocycles. The zero-order valence-electron chi connectivity index (χ0n) is 14.4. The van der Waals surface area contributed by atoms with Gasteiger partial charge in [0.25, 0.3) is 0 Å². The van der Waals surface area contributed by atoms with E-state index in [1.165, 1.54) is 27.8 Å². The van der Waals surface area contributed by atoms with E-state index in [-0.39, 0.29) is 0 Å². The lowest BCUT2D eigenvalue weighted by molar-refractivity contribution is 0.399. The van der Waals surface area contributed by atoms with E-state index in [0.29, 0.717) is 0 Å². The predicted molar refractivity (Wildman–Crippen MR) is 92.9 cm³/mol. The van der Waals surface area contributed by atoms with Crippen LogP contribution in [0.2, 0.25) is 0 Å². The highest BCUT2D eigenvalue weighted by Gasteiger charge is 1.91. The third kappa shape index (κ3) is 9.01. The fourth-order valence-electron chi connectivity index (χ4n) is 1.56. The Morgan fingerprint density at radius 1 is 0.476 bits per heavy atom. The molecule has 2 rings (SSSR count). The smallest absolute Gasteiger partial charge is 0.0319 e. The topological polar surface area (TPSA) is 40.5 Å². The van der Waals surface area contributed by atoms with Crippen molar-refractivity contribution >= 4 is 0 Å². The lowest BCUT2D eigenvalue weighted by Gasteiger charge is -2.00. The van der Waals surface area contributed by atoms with E-state index in [2.05, 4.69) is 77.1 Å². The van der Waals surface area contributed by atoms with Crippen molar-refractivity contribution < 1.29 is 10.2 Å². The van der Waals surface area contributed by atoms with Crippen molar-refractivity contribution in [3.8, 4) is 0 Å². The maximum absolute atomic E-state index is 7.00. The summed E-state index contributed by atoms with van der Waals surface area (Å²) >= 11 is 0. The highest BCUT2D eigenvalue weighted by molar-refractivity contribution is 5.31. The van der Waals surface area contributed by atoms with Crippen LogP contribution in [0.25, 0.3) is 0 Å². The minimum atomic E-state index is 1.00. The number of hydrogen-bond donors (Lipinski definition) is 2. The van der Waals surface area contributed by atoms with Crippen LogP contribution in [0.1, 0.15) is 27.8 Å². The molecule has 2 heteroatoms. The van der Waals surface area contributed by atoms with E-state index in [1.54, 1.807) is 0 Å². The van der Waals surface area contributed by atoms with Crippen molar-refractivity contribution in [2.45, 2.75) is 34.6 Å². The first kappa shape index (κ1) is 21.7. The van der Waals surface area contributed by atoms with Crippen LogP contribution in [-0.2, 0) is 0 Å². The van der Waals surface area contributed by atoms with E-state index in [4.69, 9.17) is 10.2 Å². The molecule has 0 amide bonds. The van der Waals surface area contributed by atoms with Crippen molar-refractivity contribution in [3.05, 3.63) is 70.3 Å². The summed E-state index contributed by atoms with van der Waals surface area (Å²) in [7, 11) is 2.00. The molecule has 0 heterocycles. The Morgan fingerprint density at radius 2 is 0.762 bits per heavy atom. The van der Waals surface area contributed by atoms with Crippen LogP contribution in [0.5, 0.6) is 0 Å². The van der Waals surface area contributed by atoms with Gasteiger partial charge >= 0.3 is 0 Å². The fourth-order valence-corrected chi connectivity index (χ4v) is 1.56. The van der Waals surface area contributed by atoms with Gasteiger partial charge in [0.1, 0.15) is 0 Å². The Morgan fingerprint density at radius 3 is 1.00 bits per heavy atom. The highest BCUT2D eigenvalue weighted by Crippen LogP contribution is 2.09. The van der Waals surface area contributed by atoms with Crippen molar-refractivity contribution in [2.24, 2.45) is 0 Å². The Kier molecular flexibility index (Phi) is 13.8. The maximum Gasteiger partial charge on any atom is 0.0319 e. The Balaban J connectivity index is 0. The fraction of sp³-hybridized carbons (Fsp3) is 0.368. The molecule has 0 radical (unpaired) electrons. The zero-order chi connectivity index (χ0) is 16.8. The van der Waals surface area contributed by atoms with Gasteiger partial charge in [0.05, 0.1) is 0 Å². The predicted octanol–water partition coefficient (Wildman–Crippen LogP) is 4.13. The molecular formula is C19H30O2. The van der Waals surface area contributed by atoms with E-state index in [9.17, 15) is 0 Å². The SMILES string of the molecule is CO.CO.Cc1cccc(C)c1C.Cc1ccccc1C. The lowest BCUT2D eigenvalue weighted by Crippen LogP contribution is -1.82. The van der Waals surface area contributed by atoms with Gasteiger partial charge in [-0.05, 0) is 62.4 Å². The third-order valence-corrected chi connectivity index (χ3v) is 3.30. The summed E-state index contributed by atoms with van der Waals surface area (Å²) in [5, 5.41) is 14.0. The molecule has 0 aliphatic heterocycles. The molecule has 0 bridgehead atoms. The average molecular weight is 290 g/mol. The molecule has 0 saturated carbocycles. The van der Waals surface area contributed by atoms with Crippen LogP contribution in [0.15, 0.2) is 42.5 Å². The molecule has 0 spiro atoms. The number of rotatable bonds is 0. The average Bonchev–Trinajstić information content (AvgIpc) is 2.52. The summed E-state index contributed by atoms with van der Waals surface area (Å²) in [6.07, 6.45) is 0. The van der Waals surface area contributed by atoms with Gasteiger partial charge < -0.3 is 10.2 Å². The van der Waals surface area contributed by atoms with Crippen LogP contribution in [0, 0.1) is 34.6 Å². The van der Waals surface area contributed by atoms with Gasteiger partial charge in [-0.3, -0.25) is 0 Å². The van der Waals surface area contributed by atoms with Gasteiger partial charge in [-0.15, -0.1) is 0 Å². The van der Waals surface area contributed by atoms with Gasteiger partial charge in [-0.2, -0.15) is 0 Å². The second-order valence-corrected chi connectivity index (χ2v) is 4.60. The first-order chi connectivity index (χ1) is 10.0. The van der Waals surface area contributed by atoms with Crippen LogP contribution in [0.4, 0.5) is 0 Å². The van der Waals surface area contributed by atoms with Gasteiger partial charge in [0.15, 0.2) is 0 Å². The molecule has 21 heavy (non-hydrogen) atoms. The lowest BCUT2D eigenvalue weighted by atomic mass is 10.1. The van der Waals surface area contributed by atoms with E-state index in [1.807, 2.05) is 0 Å². The molecule has 2 nitrogen and oxygen atoms in total. The van der Waals surface area contributed by atoms with Crippen LogP contribution < -0.4 is 0 Å². The second kappa shape index (κ2) is 13.3. The molecule has 2 N–H and O–H groups in total. The first-order valence-electron chi connectivity index (χ1n) is 6.97. The van der Waals surface area contributed by atoms with Gasteiger partial charge in [0, 0.05) is 14.2 Å². The molecule has 118 valence electrons. The van der Waals surface area contributed by atoms with E-state index < -0.39 is 0 Å². The number of hydrogen-bond acceptors (Lipinski definition) is 2. The van der Waals surface area contributed by atoms with Gasteiger partial charge in [0.2, 0.25) is 0 Å². The number of aryl methyl sites for hydroxylation is 4. The normalized spacial score (nSPS) is 8.24. The standard InChI is InChI=1S/C9H12.C8H10.2CH4O/c1-7-5-4-6-8(2)9(7)3;1-7-5-3-4-6-8(7)2;2*1-2/h4-6H,1-3H3;3-6H,1-2H3;2*2H,1H3. The Labute approximate surface area is 130 Å². The van der Waals surface area contributed by atoms with Crippen molar-refractivity contribution in [2.75, 3.05) is 14.2 Å². The summed E-state index contributed by atoms with van der Waals surface area (Å²) in [4.78, 5) is 0. The molecule has 0 atom stereocenters. The van der Waals surface area contributed by atoms with E-state index in [0.717, 1.165) is 14.2 Å². The summed E-state index contributed by atoms with van der Waals surface area (Å²) in [5.74, 6) is 0. The molecular weight excluding hydrogens is 260 g/mol. The summed E-state index contributed by atoms with van der Waals surface area (Å²) in [6, 6.07) is 14.7. The van der Waals surface area contributed by atoms with Gasteiger partial charge in [-0.1, -0.05) is 42.5 Å². The molecule has 0 saturated heterocycles. The highest BCUT2D eigenvalue weighted by atomic mass is 16.2. The number of aliphatic hydroxyl groups excluding tert-OH is 2. The van der Waals surface area contributed by atoms with Crippen molar-refractivity contribution in [1.29, 1.82) is 0 Å². The molecule has 0 aliphatic rings. The Hall–Kier alpha value is -1.64. The first-order valence-corrected chi connectivity index (χ1v) is 6.97. The zero-order valence-corrected chi connectivity index (χ0v) is 14.4. The second-order valence-electron chi connectivity index (χ2n) is 4.60. The quantitative estimate of drug-likeness (QED) is 0.766. The molecule has 2 aromatic carbocycles. The molecule has 0 aliphatic carbocycles. The van der Waals surface area contributed by atoms with Gasteiger partial charge in [-0.25, -0.2) is 0 Å². The van der Waals surface area contributed by atoms with Crippen LogP contribution in [0.3, 0.4) is 0 Å². The largest absolute Gasteiger partial charge is 0.400 e.